The highest BCUT2D eigenvalue weighted by atomic mass is 32.2. The second-order valence-corrected chi connectivity index (χ2v) is 7.03. The summed E-state index contributed by atoms with van der Waals surface area (Å²) in [4.78, 5) is 7.08. The average Bonchev–Trinajstić information content (AvgIpc) is 2.95. The minimum absolute atomic E-state index is 0.521. The maximum absolute atomic E-state index is 5.39. The summed E-state index contributed by atoms with van der Waals surface area (Å²) in [6, 6.07) is 0. The van der Waals surface area contributed by atoms with Crippen LogP contribution < -0.4 is 10.6 Å². The minimum Gasteiger partial charge on any atom is -0.379 e. The zero-order valence-electron chi connectivity index (χ0n) is 15.6. The van der Waals surface area contributed by atoms with Crippen molar-refractivity contribution in [3.05, 3.63) is 11.6 Å². The van der Waals surface area contributed by atoms with E-state index in [4.69, 9.17) is 4.74 Å². The van der Waals surface area contributed by atoms with E-state index in [-0.39, 0.29) is 0 Å². The molecule has 0 aromatic carbocycles. The van der Waals surface area contributed by atoms with E-state index in [1.54, 1.807) is 0 Å². The molecular formula is C16H31N7OS. The number of hydrogen-bond acceptors (Lipinski definition) is 6. The number of aryl methyl sites for hydroxylation is 1. The van der Waals surface area contributed by atoms with Crippen molar-refractivity contribution in [2.75, 3.05) is 57.9 Å². The van der Waals surface area contributed by atoms with Gasteiger partial charge < -0.3 is 19.9 Å². The number of rotatable bonds is 9. The molecule has 0 bridgehead atoms. The van der Waals surface area contributed by atoms with Crippen molar-refractivity contribution in [2.45, 2.75) is 19.9 Å². The molecule has 1 aromatic rings. The summed E-state index contributed by atoms with van der Waals surface area (Å²) in [5.41, 5.74) is 0. The SMILES string of the molecule is CSCCCNC(=NCc1nnc(C)n1C)NCCN1CCOCC1. The molecule has 1 fully saturated rings. The van der Waals surface area contributed by atoms with E-state index >= 15 is 0 Å². The predicted octanol–water partition coefficient (Wildman–Crippen LogP) is 0.244. The van der Waals surface area contributed by atoms with Crippen LogP contribution in [-0.2, 0) is 18.3 Å². The van der Waals surface area contributed by atoms with Gasteiger partial charge in [0, 0.05) is 39.8 Å². The van der Waals surface area contributed by atoms with Crippen LogP contribution in [0.3, 0.4) is 0 Å². The molecule has 1 aliphatic heterocycles. The minimum atomic E-state index is 0.521. The molecule has 1 aliphatic rings. The Labute approximate surface area is 154 Å². The summed E-state index contributed by atoms with van der Waals surface area (Å²) in [6.45, 7) is 8.93. The number of nitrogens with zero attached hydrogens (tertiary/aromatic N) is 5. The fraction of sp³-hybridized carbons (Fsp3) is 0.812. The van der Waals surface area contributed by atoms with Crippen molar-refractivity contribution in [3.8, 4) is 0 Å². The van der Waals surface area contributed by atoms with E-state index in [1.807, 2.05) is 30.3 Å². The van der Waals surface area contributed by atoms with Crippen LogP contribution >= 0.6 is 11.8 Å². The zero-order valence-corrected chi connectivity index (χ0v) is 16.4. The predicted molar refractivity (Wildman–Crippen MR) is 103 cm³/mol. The molecule has 142 valence electrons. The fourth-order valence-corrected chi connectivity index (χ4v) is 2.93. The van der Waals surface area contributed by atoms with Gasteiger partial charge in [0.25, 0.3) is 0 Å². The quantitative estimate of drug-likeness (QED) is 0.367. The van der Waals surface area contributed by atoms with Crippen LogP contribution in [-0.4, -0.2) is 83.6 Å². The Kier molecular flexibility index (Phi) is 9.06. The lowest BCUT2D eigenvalue weighted by Crippen LogP contribution is -2.44. The summed E-state index contributed by atoms with van der Waals surface area (Å²) in [7, 11) is 1.97. The summed E-state index contributed by atoms with van der Waals surface area (Å²) >= 11 is 1.86. The molecule has 0 atom stereocenters. The first-order valence-electron chi connectivity index (χ1n) is 8.87. The highest BCUT2D eigenvalue weighted by Crippen LogP contribution is 1.99. The van der Waals surface area contributed by atoms with E-state index in [9.17, 15) is 0 Å². The molecule has 1 aromatic heterocycles. The van der Waals surface area contributed by atoms with Crippen LogP contribution in [0.25, 0.3) is 0 Å². The molecule has 25 heavy (non-hydrogen) atoms. The number of ether oxygens (including phenoxy) is 1. The first-order valence-corrected chi connectivity index (χ1v) is 10.3. The highest BCUT2D eigenvalue weighted by molar-refractivity contribution is 7.98. The van der Waals surface area contributed by atoms with Crippen LogP contribution in [0.2, 0.25) is 0 Å². The van der Waals surface area contributed by atoms with Gasteiger partial charge >= 0.3 is 0 Å². The normalized spacial score (nSPS) is 16.2. The smallest absolute Gasteiger partial charge is 0.191 e. The largest absolute Gasteiger partial charge is 0.379 e. The molecule has 8 nitrogen and oxygen atoms in total. The number of aliphatic imine (C=N–C) groups is 1. The third-order valence-corrected chi connectivity index (χ3v) is 4.90. The number of hydrogen-bond donors (Lipinski definition) is 2. The molecule has 0 amide bonds. The van der Waals surface area contributed by atoms with Crippen molar-refractivity contribution in [2.24, 2.45) is 12.0 Å². The molecule has 2 N–H and O–H groups in total. The summed E-state index contributed by atoms with van der Waals surface area (Å²) in [5.74, 6) is 3.77. The van der Waals surface area contributed by atoms with Crippen LogP contribution in [0.5, 0.6) is 0 Å². The van der Waals surface area contributed by atoms with Crippen LogP contribution in [0, 0.1) is 6.92 Å². The Morgan fingerprint density at radius 1 is 1.24 bits per heavy atom. The van der Waals surface area contributed by atoms with Gasteiger partial charge in [0.05, 0.1) is 13.2 Å². The first-order chi connectivity index (χ1) is 12.2. The highest BCUT2D eigenvalue weighted by Gasteiger charge is 2.10. The van der Waals surface area contributed by atoms with Gasteiger partial charge in [0.2, 0.25) is 0 Å². The average molecular weight is 370 g/mol. The van der Waals surface area contributed by atoms with Crippen molar-refractivity contribution in [1.82, 2.24) is 30.3 Å². The Morgan fingerprint density at radius 2 is 2.00 bits per heavy atom. The standard InChI is InChI=1S/C16H31N7OS/c1-14-20-21-15(22(14)2)13-19-16(17-5-4-12-25-3)18-6-7-23-8-10-24-11-9-23/h4-13H2,1-3H3,(H2,17,18,19). The van der Waals surface area contributed by atoms with Gasteiger partial charge in [-0.2, -0.15) is 11.8 Å². The van der Waals surface area contributed by atoms with E-state index in [2.05, 4.69) is 37.0 Å². The lowest BCUT2D eigenvalue weighted by atomic mass is 10.4. The number of nitrogens with one attached hydrogen (secondary N) is 2. The van der Waals surface area contributed by atoms with Crippen molar-refractivity contribution >= 4 is 17.7 Å². The van der Waals surface area contributed by atoms with Crippen LogP contribution in [0.4, 0.5) is 0 Å². The number of thioether (sulfide) groups is 1. The van der Waals surface area contributed by atoms with Crippen LogP contribution in [0.1, 0.15) is 18.1 Å². The molecule has 0 spiro atoms. The summed E-state index contributed by atoms with van der Waals surface area (Å²) in [5, 5.41) is 15.1. The van der Waals surface area contributed by atoms with Gasteiger partial charge in [-0.15, -0.1) is 10.2 Å². The van der Waals surface area contributed by atoms with E-state index in [0.717, 1.165) is 75.7 Å². The summed E-state index contributed by atoms with van der Waals surface area (Å²) < 4.78 is 7.36. The number of aromatic nitrogens is 3. The topological polar surface area (TPSA) is 79.6 Å². The van der Waals surface area contributed by atoms with Crippen molar-refractivity contribution in [1.29, 1.82) is 0 Å². The van der Waals surface area contributed by atoms with Gasteiger partial charge in [-0.25, -0.2) is 4.99 Å². The maximum atomic E-state index is 5.39. The molecule has 0 saturated carbocycles. The van der Waals surface area contributed by atoms with Gasteiger partial charge in [-0.1, -0.05) is 0 Å². The third kappa shape index (κ3) is 7.21. The molecule has 9 heteroatoms. The molecule has 0 unspecified atom stereocenters. The van der Waals surface area contributed by atoms with Gasteiger partial charge in [0.15, 0.2) is 11.8 Å². The van der Waals surface area contributed by atoms with E-state index < -0.39 is 0 Å². The van der Waals surface area contributed by atoms with Gasteiger partial charge in [-0.05, 0) is 25.4 Å². The Balaban J connectivity index is 1.82. The molecular weight excluding hydrogens is 338 g/mol. The number of guanidine groups is 1. The van der Waals surface area contributed by atoms with Gasteiger partial charge in [-0.3, -0.25) is 4.90 Å². The van der Waals surface area contributed by atoms with E-state index in [0.29, 0.717) is 6.54 Å². The Hall–Kier alpha value is -1.32. The Morgan fingerprint density at radius 3 is 2.68 bits per heavy atom. The lowest BCUT2D eigenvalue weighted by Gasteiger charge is -2.26. The number of morpholine rings is 1. The monoisotopic (exact) mass is 369 g/mol. The van der Waals surface area contributed by atoms with Gasteiger partial charge in [0.1, 0.15) is 12.4 Å². The molecule has 0 aliphatic carbocycles. The zero-order chi connectivity index (χ0) is 17.9. The lowest BCUT2D eigenvalue weighted by molar-refractivity contribution is 0.0389. The molecule has 2 heterocycles. The fourth-order valence-electron chi connectivity index (χ4n) is 2.49. The second kappa shape index (κ2) is 11.3. The second-order valence-electron chi connectivity index (χ2n) is 6.04. The van der Waals surface area contributed by atoms with Crippen molar-refractivity contribution < 1.29 is 4.74 Å². The van der Waals surface area contributed by atoms with Crippen molar-refractivity contribution in [3.63, 3.8) is 0 Å². The Bertz CT molecular complexity index is 529. The van der Waals surface area contributed by atoms with E-state index in [1.165, 1.54) is 0 Å². The molecule has 1 saturated heterocycles. The summed E-state index contributed by atoms with van der Waals surface area (Å²) in [6.07, 6.45) is 3.25. The van der Waals surface area contributed by atoms with Crippen LogP contribution in [0.15, 0.2) is 4.99 Å². The third-order valence-electron chi connectivity index (χ3n) is 4.20. The molecule has 2 rings (SSSR count). The maximum Gasteiger partial charge on any atom is 0.191 e. The first kappa shape index (κ1) is 20.0. The molecule has 0 radical (unpaired) electrons.